The Balaban J connectivity index is 4.04. The second-order valence-electron chi connectivity index (χ2n) is 5.22. The summed E-state index contributed by atoms with van der Waals surface area (Å²) in [4.78, 5) is 22.9. The Morgan fingerprint density at radius 1 is 1.24 bits per heavy atom. The van der Waals surface area contributed by atoms with Gasteiger partial charge in [0.2, 0.25) is 0 Å². The van der Waals surface area contributed by atoms with Crippen molar-refractivity contribution in [2.75, 3.05) is 20.3 Å². The largest absolute Gasteiger partial charge is 0.465 e. The minimum absolute atomic E-state index is 0.0518. The van der Waals surface area contributed by atoms with Crippen molar-refractivity contribution in [1.29, 1.82) is 0 Å². The summed E-state index contributed by atoms with van der Waals surface area (Å²) in [6.07, 6.45) is 0.967. The molecule has 0 N–H and O–H groups in total. The maximum absolute atomic E-state index is 11.8. The summed E-state index contributed by atoms with van der Waals surface area (Å²) in [5.41, 5.74) is -0.109. The fourth-order valence-corrected chi connectivity index (χ4v) is 1.73. The summed E-state index contributed by atoms with van der Waals surface area (Å²) in [6.45, 7) is 8.23. The first-order valence-corrected chi connectivity index (χ1v) is 6.00. The third-order valence-corrected chi connectivity index (χ3v) is 2.67. The Bertz CT molecular complexity index is 253. The fourth-order valence-electron chi connectivity index (χ4n) is 1.73. The predicted octanol–water partition coefficient (Wildman–Crippen LogP) is 2.21. The van der Waals surface area contributed by atoms with E-state index in [1.165, 1.54) is 7.11 Å². The zero-order valence-corrected chi connectivity index (χ0v) is 11.5. The molecular weight excluding hydrogens is 220 g/mol. The molecule has 0 aromatic rings. The first-order valence-electron chi connectivity index (χ1n) is 6.00. The van der Waals surface area contributed by atoms with Crippen molar-refractivity contribution in [3.63, 3.8) is 0 Å². The molecule has 0 saturated heterocycles. The highest BCUT2D eigenvalue weighted by molar-refractivity contribution is 5.80. The second kappa shape index (κ2) is 7.43. The molecule has 0 rings (SSSR count). The fraction of sp³-hybridized carbons (Fsp3) is 0.846. The van der Waals surface area contributed by atoms with Gasteiger partial charge >= 0.3 is 5.97 Å². The molecule has 4 nitrogen and oxygen atoms in total. The first kappa shape index (κ1) is 16.1. The Kier molecular flexibility index (Phi) is 7.04. The molecular formula is C13H24O4. The lowest BCUT2D eigenvalue weighted by Crippen LogP contribution is -2.30. The van der Waals surface area contributed by atoms with Crippen molar-refractivity contribution in [2.45, 2.75) is 40.5 Å². The third-order valence-electron chi connectivity index (χ3n) is 2.67. The van der Waals surface area contributed by atoms with Gasteiger partial charge in [-0.1, -0.05) is 27.7 Å². The lowest BCUT2D eigenvalue weighted by Gasteiger charge is -2.27. The first-order chi connectivity index (χ1) is 7.82. The Labute approximate surface area is 104 Å². The van der Waals surface area contributed by atoms with Crippen LogP contribution in [0.25, 0.3) is 0 Å². The molecule has 0 saturated carbocycles. The molecule has 1 unspecified atom stereocenters. The van der Waals surface area contributed by atoms with E-state index in [1.807, 2.05) is 27.7 Å². The van der Waals surface area contributed by atoms with Gasteiger partial charge in [-0.3, -0.25) is 9.59 Å². The van der Waals surface area contributed by atoms with Crippen LogP contribution in [-0.4, -0.2) is 32.1 Å². The molecule has 0 bridgehead atoms. The van der Waals surface area contributed by atoms with Crippen molar-refractivity contribution >= 4 is 11.8 Å². The molecule has 0 aromatic heterocycles. The van der Waals surface area contributed by atoms with Gasteiger partial charge in [0.15, 0.2) is 5.78 Å². The summed E-state index contributed by atoms with van der Waals surface area (Å²) in [6, 6.07) is 0. The van der Waals surface area contributed by atoms with Gasteiger partial charge in [-0.15, -0.1) is 0 Å². The van der Waals surface area contributed by atoms with Crippen LogP contribution in [0.15, 0.2) is 0 Å². The smallest absolute Gasteiger partial charge is 0.309 e. The van der Waals surface area contributed by atoms with Crippen LogP contribution in [0.5, 0.6) is 0 Å². The van der Waals surface area contributed by atoms with Gasteiger partial charge in [0, 0.05) is 13.5 Å². The quantitative estimate of drug-likeness (QED) is 0.644. The van der Waals surface area contributed by atoms with Crippen LogP contribution in [0.2, 0.25) is 0 Å². The number of carbonyl (C=O) groups is 2. The van der Waals surface area contributed by atoms with Gasteiger partial charge in [-0.25, -0.2) is 0 Å². The van der Waals surface area contributed by atoms with Gasteiger partial charge in [-0.2, -0.15) is 0 Å². The highest BCUT2D eigenvalue weighted by Gasteiger charge is 2.30. The zero-order valence-electron chi connectivity index (χ0n) is 11.5. The van der Waals surface area contributed by atoms with E-state index in [1.54, 1.807) is 0 Å². The summed E-state index contributed by atoms with van der Waals surface area (Å²) in [5, 5.41) is 0. The van der Waals surface area contributed by atoms with Crippen LogP contribution >= 0.6 is 0 Å². The minimum Gasteiger partial charge on any atom is -0.465 e. The number of hydrogen-bond acceptors (Lipinski definition) is 4. The molecule has 0 aliphatic rings. The van der Waals surface area contributed by atoms with Gasteiger partial charge < -0.3 is 9.47 Å². The van der Waals surface area contributed by atoms with Crippen molar-refractivity contribution in [3.8, 4) is 0 Å². The highest BCUT2D eigenvalue weighted by Crippen LogP contribution is 2.29. The molecule has 0 heterocycles. The number of Topliss-reactive ketones (excluding diaryl/α,β-unsaturated/α-hetero) is 1. The number of rotatable bonds is 7. The topological polar surface area (TPSA) is 52.6 Å². The van der Waals surface area contributed by atoms with E-state index in [4.69, 9.17) is 9.47 Å². The van der Waals surface area contributed by atoms with E-state index in [-0.39, 0.29) is 42.7 Å². The molecule has 1 atom stereocenters. The lowest BCUT2D eigenvalue weighted by molar-refractivity contribution is -0.153. The van der Waals surface area contributed by atoms with Gasteiger partial charge in [-0.05, 0) is 11.8 Å². The number of carbonyl (C=O) groups excluding carboxylic acids is 2. The van der Waals surface area contributed by atoms with Crippen LogP contribution in [0, 0.1) is 11.3 Å². The molecule has 17 heavy (non-hydrogen) atoms. The molecule has 0 amide bonds. The van der Waals surface area contributed by atoms with E-state index >= 15 is 0 Å². The molecule has 100 valence electrons. The molecule has 0 aliphatic carbocycles. The summed E-state index contributed by atoms with van der Waals surface area (Å²) >= 11 is 0. The molecule has 0 spiro atoms. The Hall–Kier alpha value is -0.900. The van der Waals surface area contributed by atoms with E-state index in [0.29, 0.717) is 0 Å². The Morgan fingerprint density at radius 3 is 2.24 bits per heavy atom. The standard InChI is InChI=1S/C13H24O4/c1-6-11(13(2,3)4)12(15)17-8-7-10(14)9-16-5/h11H,6-9H2,1-5H3. The maximum Gasteiger partial charge on any atom is 0.309 e. The van der Waals surface area contributed by atoms with Crippen molar-refractivity contribution < 1.29 is 19.1 Å². The van der Waals surface area contributed by atoms with E-state index < -0.39 is 0 Å². The van der Waals surface area contributed by atoms with Gasteiger partial charge in [0.05, 0.1) is 12.5 Å². The minimum atomic E-state index is -0.217. The number of esters is 1. The normalized spacial score (nSPS) is 13.2. The highest BCUT2D eigenvalue weighted by atomic mass is 16.5. The van der Waals surface area contributed by atoms with Gasteiger partial charge in [0.1, 0.15) is 6.61 Å². The van der Waals surface area contributed by atoms with Gasteiger partial charge in [0.25, 0.3) is 0 Å². The molecule has 0 aromatic carbocycles. The molecule has 0 radical (unpaired) electrons. The third kappa shape index (κ3) is 6.41. The monoisotopic (exact) mass is 244 g/mol. The average molecular weight is 244 g/mol. The SMILES string of the molecule is CCC(C(=O)OCCC(=O)COC)C(C)(C)C. The molecule has 0 aliphatic heterocycles. The van der Waals surface area contributed by atoms with E-state index in [2.05, 4.69) is 0 Å². The molecule has 4 heteroatoms. The zero-order chi connectivity index (χ0) is 13.5. The van der Waals surface area contributed by atoms with Crippen LogP contribution in [0.3, 0.4) is 0 Å². The average Bonchev–Trinajstić information content (AvgIpc) is 2.16. The van der Waals surface area contributed by atoms with Crippen LogP contribution in [-0.2, 0) is 19.1 Å². The molecule has 0 fully saturated rings. The lowest BCUT2D eigenvalue weighted by atomic mass is 9.79. The number of ether oxygens (including phenoxy) is 2. The van der Waals surface area contributed by atoms with Crippen LogP contribution in [0.1, 0.15) is 40.5 Å². The van der Waals surface area contributed by atoms with Crippen molar-refractivity contribution in [3.05, 3.63) is 0 Å². The predicted molar refractivity (Wildman–Crippen MR) is 65.7 cm³/mol. The number of hydrogen-bond donors (Lipinski definition) is 0. The number of ketones is 1. The second-order valence-corrected chi connectivity index (χ2v) is 5.22. The van der Waals surface area contributed by atoms with Crippen LogP contribution in [0.4, 0.5) is 0 Å². The number of methoxy groups -OCH3 is 1. The van der Waals surface area contributed by atoms with Crippen molar-refractivity contribution in [1.82, 2.24) is 0 Å². The Morgan fingerprint density at radius 2 is 1.82 bits per heavy atom. The van der Waals surface area contributed by atoms with E-state index in [0.717, 1.165) is 6.42 Å². The van der Waals surface area contributed by atoms with E-state index in [9.17, 15) is 9.59 Å². The summed E-state index contributed by atoms with van der Waals surface area (Å²) in [7, 11) is 1.47. The van der Waals surface area contributed by atoms with Crippen molar-refractivity contribution in [2.24, 2.45) is 11.3 Å². The summed E-state index contributed by atoms with van der Waals surface area (Å²) in [5.74, 6) is -0.394. The maximum atomic E-state index is 11.8. The summed E-state index contributed by atoms with van der Waals surface area (Å²) < 4.78 is 9.82. The van der Waals surface area contributed by atoms with Crippen LogP contribution < -0.4 is 0 Å².